The minimum absolute atomic E-state index is 0.0187. The Kier molecular flexibility index (Phi) is 6.94. The molecule has 2 amide bonds. The van der Waals surface area contributed by atoms with E-state index in [-0.39, 0.29) is 38.1 Å². The maximum absolute atomic E-state index is 12.6. The molecule has 11 heteroatoms. The van der Waals surface area contributed by atoms with Crippen molar-refractivity contribution in [2.24, 2.45) is 5.92 Å². The number of fused-ring (bicyclic) bond motifs is 1. The molecule has 1 aromatic heterocycles. The Morgan fingerprint density at radius 2 is 2.06 bits per heavy atom. The number of carbonyl (C=O) groups excluding carboxylic acids is 2. The molecule has 2 aliphatic heterocycles. The van der Waals surface area contributed by atoms with Gasteiger partial charge in [0.1, 0.15) is 6.67 Å². The summed E-state index contributed by atoms with van der Waals surface area (Å²) in [6.45, 7) is 3.07. The molecule has 1 aromatic rings. The molecule has 172 valence electrons. The minimum Gasteiger partial charge on any atom is -0.318 e. The Morgan fingerprint density at radius 1 is 1.34 bits per heavy atom. The number of rotatable bonds is 7. The second-order valence-corrected chi connectivity index (χ2v) is 10.6. The molecule has 2 N–H and O–H groups in total. The molecule has 1 atom stereocenters. The highest BCUT2D eigenvalue weighted by Crippen LogP contribution is 2.25. The van der Waals surface area contributed by atoms with E-state index in [9.17, 15) is 22.4 Å². The van der Waals surface area contributed by atoms with Crippen LogP contribution in [-0.2, 0) is 21.2 Å². The number of sulfone groups is 1. The fraction of sp³-hybridized carbons (Fsp3) is 0.524. The molecule has 0 spiro atoms. The van der Waals surface area contributed by atoms with E-state index >= 15 is 0 Å². The van der Waals surface area contributed by atoms with Crippen molar-refractivity contribution in [3.8, 4) is 23.7 Å². The second kappa shape index (κ2) is 9.33. The molecule has 1 saturated heterocycles. The number of halogens is 1. The van der Waals surface area contributed by atoms with Gasteiger partial charge in [0.25, 0.3) is 5.91 Å². The smallest absolute Gasteiger partial charge is 0.318 e. The van der Waals surface area contributed by atoms with Crippen LogP contribution in [0.3, 0.4) is 0 Å². The van der Waals surface area contributed by atoms with E-state index < -0.39 is 20.5 Å². The second-order valence-electron chi connectivity index (χ2n) is 8.15. The number of hydroxylamine groups is 1. The summed E-state index contributed by atoms with van der Waals surface area (Å²) < 4.78 is 35.9. The molecule has 1 fully saturated rings. The van der Waals surface area contributed by atoms with E-state index in [1.54, 1.807) is 12.3 Å². The minimum atomic E-state index is -3.84. The molecule has 2 aliphatic rings. The topological polar surface area (TPSA) is 112 Å². The van der Waals surface area contributed by atoms with Crippen molar-refractivity contribution in [2.45, 2.75) is 24.6 Å². The highest BCUT2D eigenvalue weighted by Gasteiger charge is 2.44. The number of alkyl halides is 1. The van der Waals surface area contributed by atoms with E-state index in [2.05, 4.69) is 23.7 Å². The van der Waals surface area contributed by atoms with Gasteiger partial charge in [-0.1, -0.05) is 11.8 Å². The summed E-state index contributed by atoms with van der Waals surface area (Å²) in [7, 11) is -3.84. The van der Waals surface area contributed by atoms with Crippen molar-refractivity contribution >= 4 is 21.8 Å². The third-order valence-electron chi connectivity index (χ3n) is 5.89. The van der Waals surface area contributed by atoms with Crippen molar-refractivity contribution in [1.29, 1.82) is 0 Å². The lowest BCUT2D eigenvalue weighted by Gasteiger charge is -2.35. The van der Waals surface area contributed by atoms with E-state index in [1.807, 2.05) is 4.90 Å². The molecule has 0 aliphatic carbocycles. The van der Waals surface area contributed by atoms with Gasteiger partial charge in [-0.25, -0.2) is 23.1 Å². The van der Waals surface area contributed by atoms with Crippen LogP contribution in [0.5, 0.6) is 0 Å². The molecular weight excluding hydrogens is 439 g/mol. The lowest BCUT2D eigenvalue weighted by atomic mass is 10.0. The SMILES string of the molecule is CC(CCN1Cc2cc(C#CC#CC3CN(CCF)C3)cn2C1=O)(C(=O)NO)S(C)(=O)=O. The molecule has 3 heterocycles. The summed E-state index contributed by atoms with van der Waals surface area (Å²) in [5.74, 6) is 10.7. The van der Waals surface area contributed by atoms with Gasteiger partial charge in [0.05, 0.1) is 6.54 Å². The highest BCUT2D eigenvalue weighted by molar-refractivity contribution is 7.92. The van der Waals surface area contributed by atoms with Gasteiger partial charge in [-0.2, -0.15) is 0 Å². The van der Waals surface area contributed by atoms with Crippen LogP contribution in [0.15, 0.2) is 12.3 Å². The maximum atomic E-state index is 12.6. The summed E-state index contributed by atoms with van der Waals surface area (Å²) in [6, 6.07) is 1.41. The average molecular weight is 465 g/mol. The lowest BCUT2D eigenvalue weighted by Crippen LogP contribution is -2.50. The summed E-state index contributed by atoms with van der Waals surface area (Å²) >= 11 is 0. The Balaban J connectivity index is 1.58. The average Bonchev–Trinajstić information content (AvgIpc) is 3.24. The van der Waals surface area contributed by atoms with Crippen molar-refractivity contribution in [2.75, 3.05) is 39.1 Å². The Hall–Kier alpha value is -2.86. The van der Waals surface area contributed by atoms with Gasteiger partial charge in [0.2, 0.25) is 0 Å². The van der Waals surface area contributed by atoms with E-state index in [1.165, 1.54) is 21.9 Å². The number of aromatic nitrogens is 1. The first-order valence-electron chi connectivity index (χ1n) is 10.0. The molecule has 0 radical (unpaired) electrons. The zero-order valence-corrected chi connectivity index (χ0v) is 18.7. The van der Waals surface area contributed by atoms with Gasteiger partial charge in [-0.15, -0.1) is 0 Å². The molecule has 0 saturated carbocycles. The van der Waals surface area contributed by atoms with Crippen molar-refractivity contribution < 1.29 is 27.6 Å². The highest BCUT2D eigenvalue weighted by atomic mass is 32.2. The largest absolute Gasteiger partial charge is 0.328 e. The van der Waals surface area contributed by atoms with Gasteiger partial charge < -0.3 is 4.90 Å². The van der Waals surface area contributed by atoms with Gasteiger partial charge in [-0.3, -0.25) is 19.5 Å². The van der Waals surface area contributed by atoms with Crippen LogP contribution >= 0.6 is 0 Å². The zero-order valence-electron chi connectivity index (χ0n) is 17.9. The van der Waals surface area contributed by atoms with Gasteiger partial charge in [0, 0.05) is 55.8 Å². The number of amides is 2. The first kappa shape index (κ1) is 23.8. The van der Waals surface area contributed by atoms with Gasteiger partial charge >= 0.3 is 6.03 Å². The third-order valence-corrected chi connectivity index (χ3v) is 7.92. The van der Waals surface area contributed by atoms with E-state index in [4.69, 9.17) is 5.21 Å². The fourth-order valence-corrected chi connectivity index (χ4v) is 4.45. The van der Waals surface area contributed by atoms with Crippen LogP contribution in [0.1, 0.15) is 24.6 Å². The summed E-state index contributed by atoms with van der Waals surface area (Å²) in [5.41, 5.74) is 2.72. The van der Waals surface area contributed by atoms with Crippen LogP contribution < -0.4 is 5.48 Å². The van der Waals surface area contributed by atoms with Crippen LogP contribution in [0, 0.1) is 29.6 Å². The Bertz CT molecular complexity index is 1130. The fourth-order valence-electron chi connectivity index (χ4n) is 3.61. The quantitative estimate of drug-likeness (QED) is 0.339. The number of nitrogens with one attached hydrogen (secondary N) is 1. The number of likely N-dealkylation sites (tertiary alicyclic amines) is 1. The van der Waals surface area contributed by atoms with E-state index in [0.29, 0.717) is 17.8 Å². The maximum Gasteiger partial charge on any atom is 0.328 e. The molecule has 1 unspecified atom stereocenters. The van der Waals surface area contributed by atoms with Crippen molar-refractivity contribution in [3.63, 3.8) is 0 Å². The van der Waals surface area contributed by atoms with Crippen molar-refractivity contribution in [1.82, 2.24) is 19.8 Å². The van der Waals surface area contributed by atoms with Crippen LogP contribution in [-0.4, -0.2) is 83.8 Å². The molecule has 32 heavy (non-hydrogen) atoms. The van der Waals surface area contributed by atoms with Crippen molar-refractivity contribution in [3.05, 3.63) is 23.5 Å². The Labute approximate surface area is 186 Å². The van der Waals surface area contributed by atoms with Gasteiger partial charge in [-0.05, 0) is 31.3 Å². The predicted octanol–water partition coefficient (Wildman–Crippen LogP) is 0.227. The summed E-state index contributed by atoms with van der Waals surface area (Å²) in [5, 5.41) is 8.90. The molecule has 0 bridgehead atoms. The molecule has 9 nitrogen and oxygen atoms in total. The van der Waals surface area contributed by atoms with Crippen LogP contribution in [0.4, 0.5) is 9.18 Å². The molecule has 0 aromatic carbocycles. The van der Waals surface area contributed by atoms with Crippen LogP contribution in [0.25, 0.3) is 0 Å². The standard InChI is InChI=1S/C21H25FN4O5S/c1-21(19(27)23-29,32(2,30)31)7-9-25-15-18-11-16(14-26(18)20(25)28)5-3-4-6-17-12-24(13-17)10-8-22/h11,14,17,29H,7-10,12-13,15H2,1-2H3,(H,23,27). The summed E-state index contributed by atoms with van der Waals surface area (Å²) in [6.07, 6.45) is 2.34. The zero-order chi connectivity index (χ0) is 23.5. The Morgan fingerprint density at radius 3 is 2.66 bits per heavy atom. The molecular formula is C21H25FN4O5S. The number of carbonyl (C=O) groups is 2. The number of hydrogen-bond acceptors (Lipinski definition) is 6. The predicted molar refractivity (Wildman–Crippen MR) is 114 cm³/mol. The van der Waals surface area contributed by atoms with Gasteiger partial charge in [0.15, 0.2) is 14.6 Å². The first-order valence-corrected chi connectivity index (χ1v) is 11.9. The monoisotopic (exact) mass is 464 g/mol. The number of hydrogen-bond donors (Lipinski definition) is 2. The van der Waals surface area contributed by atoms with Crippen LogP contribution in [0.2, 0.25) is 0 Å². The van der Waals surface area contributed by atoms with E-state index in [0.717, 1.165) is 19.3 Å². The number of nitrogens with zero attached hydrogens (tertiary/aromatic N) is 3. The lowest BCUT2D eigenvalue weighted by molar-refractivity contribution is -0.131. The summed E-state index contributed by atoms with van der Waals surface area (Å²) in [4.78, 5) is 28.0. The first-order chi connectivity index (χ1) is 15.1. The third kappa shape index (κ3) is 4.80. The normalized spacial score (nSPS) is 18.0. The molecule has 3 rings (SSSR count).